The van der Waals surface area contributed by atoms with Gasteiger partial charge in [0.25, 0.3) is 0 Å². The van der Waals surface area contributed by atoms with E-state index in [2.05, 4.69) is 68.5 Å². The van der Waals surface area contributed by atoms with Crippen molar-refractivity contribution in [3.63, 3.8) is 0 Å². The highest BCUT2D eigenvalue weighted by molar-refractivity contribution is 7.47. The predicted molar refractivity (Wildman–Crippen MR) is 202 cm³/mol. The van der Waals surface area contributed by atoms with Crippen LogP contribution in [0.25, 0.3) is 0 Å². The van der Waals surface area contributed by atoms with Gasteiger partial charge in [0.1, 0.15) is 6.61 Å². The molecular formula is C40H69O8P. The predicted octanol–water partition coefficient (Wildman–Crippen LogP) is 11.6. The van der Waals surface area contributed by atoms with Gasteiger partial charge in [0, 0.05) is 12.8 Å². The number of hydrogen-bond donors (Lipinski definition) is 1. The molecule has 0 aliphatic carbocycles. The van der Waals surface area contributed by atoms with Crippen LogP contribution in [0.4, 0.5) is 0 Å². The Morgan fingerprint density at radius 1 is 0.571 bits per heavy atom. The second-order valence-electron chi connectivity index (χ2n) is 12.2. The molecule has 0 aliphatic heterocycles. The van der Waals surface area contributed by atoms with E-state index in [0.717, 1.165) is 51.4 Å². The number of rotatable bonds is 34. The van der Waals surface area contributed by atoms with Crippen LogP contribution in [0.1, 0.15) is 156 Å². The van der Waals surface area contributed by atoms with Gasteiger partial charge >= 0.3 is 19.8 Å². The Balaban J connectivity index is 4.27. The molecule has 0 rings (SSSR count). The highest BCUT2D eigenvalue weighted by Crippen LogP contribution is 2.43. The fourth-order valence-corrected chi connectivity index (χ4v) is 5.60. The zero-order chi connectivity index (χ0) is 36.1. The topological polar surface area (TPSA) is 108 Å². The van der Waals surface area contributed by atoms with Crippen LogP contribution in [0, 0.1) is 0 Å². The Hall–Kier alpha value is -2.25. The third-order valence-corrected chi connectivity index (χ3v) is 8.65. The smallest absolute Gasteiger partial charge is 0.462 e. The third-order valence-electron chi connectivity index (χ3n) is 7.59. The van der Waals surface area contributed by atoms with E-state index < -0.39 is 26.5 Å². The van der Waals surface area contributed by atoms with Crippen LogP contribution in [-0.4, -0.2) is 42.8 Å². The molecule has 0 aromatic rings. The van der Waals surface area contributed by atoms with Crippen LogP contribution in [0.3, 0.4) is 0 Å². The lowest BCUT2D eigenvalue weighted by molar-refractivity contribution is -0.161. The number of unbranched alkanes of at least 4 members (excludes halogenated alkanes) is 12. The molecule has 0 bridgehead atoms. The molecule has 9 heteroatoms. The molecule has 0 aliphatic rings. The van der Waals surface area contributed by atoms with Gasteiger partial charge in [-0.3, -0.25) is 18.6 Å². The summed E-state index contributed by atoms with van der Waals surface area (Å²) < 4.78 is 32.4. The van der Waals surface area contributed by atoms with Crippen molar-refractivity contribution in [2.75, 3.05) is 19.8 Å². The molecule has 0 saturated heterocycles. The average molecular weight is 709 g/mol. The summed E-state index contributed by atoms with van der Waals surface area (Å²) in [5.74, 6) is -0.870. The third kappa shape index (κ3) is 35.4. The van der Waals surface area contributed by atoms with Crippen LogP contribution in [0.15, 0.2) is 60.8 Å². The largest absolute Gasteiger partial charge is 0.472 e. The van der Waals surface area contributed by atoms with E-state index in [1.165, 1.54) is 57.8 Å². The van der Waals surface area contributed by atoms with Crippen LogP contribution in [0.5, 0.6) is 0 Å². The molecule has 0 amide bonds. The van der Waals surface area contributed by atoms with Crippen molar-refractivity contribution in [3.8, 4) is 0 Å². The van der Waals surface area contributed by atoms with E-state index in [1.54, 1.807) is 6.92 Å². The van der Waals surface area contributed by atoms with Gasteiger partial charge in [-0.05, 0) is 58.3 Å². The lowest BCUT2D eigenvalue weighted by Gasteiger charge is -2.19. The van der Waals surface area contributed by atoms with Crippen LogP contribution >= 0.6 is 7.82 Å². The van der Waals surface area contributed by atoms with Crippen molar-refractivity contribution >= 4 is 19.8 Å². The summed E-state index contributed by atoms with van der Waals surface area (Å²) in [6.07, 6.45) is 41.4. The first-order valence-corrected chi connectivity index (χ1v) is 20.6. The number of hydrogen-bond acceptors (Lipinski definition) is 7. The normalized spacial score (nSPS) is 14.1. The lowest BCUT2D eigenvalue weighted by atomic mass is 10.0. The van der Waals surface area contributed by atoms with E-state index >= 15 is 0 Å². The molecule has 0 aromatic carbocycles. The minimum Gasteiger partial charge on any atom is -0.462 e. The van der Waals surface area contributed by atoms with Crippen molar-refractivity contribution in [2.24, 2.45) is 0 Å². The molecule has 0 radical (unpaired) electrons. The molecule has 0 aromatic heterocycles. The highest BCUT2D eigenvalue weighted by atomic mass is 31.2. The summed E-state index contributed by atoms with van der Waals surface area (Å²) in [5.41, 5.74) is 0. The number of carbonyl (C=O) groups excluding carboxylic acids is 2. The first kappa shape index (κ1) is 46.8. The van der Waals surface area contributed by atoms with Gasteiger partial charge in [0.05, 0.1) is 13.2 Å². The van der Waals surface area contributed by atoms with Gasteiger partial charge < -0.3 is 14.4 Å². The number of ether oxygens (including phenoxy) is 2. The fourth-order valence-electron chi connectivity index (χ4n) is 4.84. The molecule has 8 nitrogen and oxygen atoms in total. The number of esters is 2. The maximum absolute atomic E-state index is 12.5. The summed E-state index contributed by atoms with van der Waals surface area (Å²) in [6, 6.07) is 0. The summed E-state index contributed by atoms with van der Waals surface area (Å²) >= 11 is 0. The molecule has 2 unspecified atom stereocenters. The van der Waals surface area contributed by atoms with Gasteiger partial charge in [0.15, 0.2) is 6.10 Å². The van der Waals surface area contributed by atoms with Gasteiger partial charge in [-0.15, -0.1) is 0 Å². The van der Waals surface area contributed by atoms with E-state index in [0.29, 0.717) is 12.8 Å². The molecule has 282 valence electrons. The fraction of sp³-hybridized carbons (Fsp3) is 0.700. The van der Waals surface area contributed by atoms with Crippen LogP contribution < -0.4 is 0 Å². The van der Waals surface area contributed by atoms with Crippen LogP contribution in [-0.2, 0) is 32.7 Å². The minimum atomic E-state index is -4.29. The van der Waals surface area contributed by atoms with Gasteiger partial charge in [0.2, 0.25) is 0 Å². The Bertz CT molecular complexity index is 985. The van der Waals surface area contributed by atoms with Gasteiger partial charge in [-0.2, -0.15) is 0 Å². The lowest BCUT2D eigenvalue weighted by Crippen LogP contribution is -2.29. The molecular weight excluding hydrogens is 639 g/mol. The Kier molecular flexibility index (Phi) is 33.9. The zero-order valence-electron chi connectivity index (χ0n) is 31.1. The molecule has 49 heavy (non-hydrogen) atoms. The first-order chi connectivity index (χ1) is 23.8. The monoisotopic (exact) mass is 708 g/mol. The molecule has 0 fully saturated rings. The minimum absolute atomic E-state index is 0.0118. The average Bonchev–Trinajstić information content (AvgIpc) is 3.07. The highest BCUT2D eigenvalue weighted by Gasteiger charge is 2.25. The van der Waals surface area contributed by atoms with E-state index in [-0.39, 0.29) is 32.0 Å². The van der Waals surface area contributed by atoms with E-state index in [4.69, 9.17) is 18.5 Å². The van der Waals surface area contributed by atoms with Crippen molar-refractivity contribution in [3.05, 3.63) is 60.8 Å². The van der Waals surface area contributed by atoms with Gasteiger partial charge in [-0.25, -0.2) is 4.57 Å². The number of phosphoric ester groups is 1. The number of phosphoric acid groups is 1. The molecule has 2 atom stereocenters. The maximum Gasteiger partial charge on any atom is 0.472 e. The maximum atomic E-state index is 12.5. The van der Waals surface area contributed by atoms with Crippen molar-refractivity contribution in [1.29, 1.82) is 0 Å². The first-order valence-electron chi connectivity index (χ1n) is 19.1. The standard InChI is InChI=1S/C40H69O8P/c1-4-7-9-11-13-15-17-19-20-21-22-23-25-27-29-31-33-35-40(42)48-38(37-47-49(43,44)46-6-3)36-45-39(41)34-32-30-28-26-24-18-16-14-12-10-8-5-2/h7,9,13,15,19-20,22-23,27,29,38H,4-6,8,10-12,14,16-18,21,24-26,28,30-37H2,1-3H3,(H,43,44)/b9-7-,15-13-,20-19-,23-22-,29-27-. The second kappa shape index (κ2) is 35.6. The van der Waals surface area contributed by atoms with Gasteiger partial charge in [-0.1, -0.05) is 145 Å². The van der Waals surface area contributed by atoms with Crippen LogP contribution in [0.2, 0.25) is 0 Å². The number of allylic oxidation sites excluding steroid dienone is 10. The zero-order valence-corrected chi connectivity index (χ0v) is 32.0. The molecule has 0 spiro atoms. The molecule has 0 saturated carbocycles. The Morgan fingerprint density at radius 2 is 1.04 bits per heavy atom. The van der Waals surface area contributed by atoms with Crippen molar-refractivity contribution in [2.45, 2.75) is 162 Å². The van der Waals surface area contributed by atoms with Crippen molar-refractivity contribution < 1.29 is 37.6 Å². The number of carbonyl (C=O) groups is 2. The summed E-state index contributed by atoms with van der Waals surface area (Å²) in [5, 5.41) is 0. The second-order valence-corrected chi connectivity index (χ2v) is 13.7. The van der Waals surface area contributed by atoms with E-state index in [9.17, 15) is 19.0 Å². The Morgan fingerprint density at radius 3 is 1.55 bits per heavy atom. The SMILES string of the molecule is CC/C=C\C/C=C\C/C=C\C/C=C\C/C=C\CCCC(=O)OC(COC(=O)CCCCCCCCCCCCCC)COP(=O)(O)OCC. The van der Waals surface area contributed by atoms with Crippen molar-refractivity contribution in [1.82, 2.24) is 0 Å². The summed E-state index contributed by atoms with van der Waals surface area (Å²) in [4.78, 5) is 34.6. The summed E-state index contributed by atoms with van der Waals surface area (Å²) in [7, 11) is -4.29. The summed E-state index contributed by atoms with van der Waals surface area (Å²) in [6.45, 7) is 5.27. The quantitative estimate of drug-likeness (QED) is 0.0304. The Labute approximate surface area is 299 Å². The molecule has 1 N–H and O–H groups in total. The van der Waals surface area contributed by atoms with E-state index in [1.807, 2.05) is 6.08 Å². The molecule has 0 heterocycles.